The molecule has 0 aromatic carbocycles. The van der Waals surface area contributed by atoms with Gasteiger partial charge < -0.3 is 16.6 Å². The van der Waals surface area contributed by atoms with Crippen LogP contribution < -0.4 is 16.9 Å². The van der Waals surface area contributed by atoms with Gasteiger partial charge in [-0.1, -0.05) is 0 Å². The van der Waals surface area contributed by atoms with Gasteiger partial charge in [-0.3, -0.25) is 15.0 Å². The number of nitrogens with zero attached hydrogens (tertiary/aromatic N) is 1. The summed E-state index contributed by atoms with van der Waals surface area (Å²) in [5, 5.41) is 16.6. The minimum atomic E-state index is -1.03. The first-order valence-corrected chi connectivity index (χ1v) is 3.76. The van der Waals surface area contributed by atoms with E-state index >= 15 is 0 Å². The van der Waals surface area contributed by atoms with Gasteiger partial charge in [-0.15, -0.1) is 24.8 Å². The summed E-state index contributed by atoms with van der Waals surface area (Å²) in [6, 6.07) is -0.862. The Labute approximate surface area is 99.7 Å². The number of hydrogen-bond donors (Lipinski definition) is 5. The Balaban J connectivity index is -0.000000720. The zero-order valence-corrected chi connectivity index (χ0v) is 9.55. The molecule has 0 saturated carbocycles. The van der Waals surface area contributed by atoms with Gasteiger partial charge in [0, 0.05) is 6.54 Å². The molecule has 92 valence electrons. The number of hydrogen-bond acceptors (Lipinski definition) is 4. The third kappa shape index (κ3) is 11.2. The van der Waals surface area contributed by atoms with Crippen LogP contribution in [0.15, 0.2) is 4.99 Å². The molecule has 0 unspecified atom stereocenters. The van der Waals surface area contributed by atoms with E-state index in [0.717, 1.165) is 0 Å². The number of hydroxylamine groups is 1. The number of carbonyl (C=O) groups is 1. The van der Waals surface area contributed by atoms with E-state index in [0.29, 0.717) is 19.4 Å². The van der Waals surface area contributed by atoms with Gasteiger partial charge in [-0.05, 0) is 12.8 Å². The molecule has 0 heterocycles. The van der Waals surface area contributed by atoms with Gasteiger partial charge >= 0.3 is 5.97 Å². The van der Waals surface area contributed by atoms with Gasteiger partial charge in [0.25, 0.3) is 0 Å². The zero-order valence-electron chi connectivity index (χ0n) is 7.92. The highest BCUT2D eigenvalue weighted by Gasteiger charge is 2.09. The third-order valence-electron chi connectivity index (χ3n) is 1.39. The first-order valence-electron chi connectivity index (χ1n) is 3.76. The molecular formula is C6H16Cl2N4O3. The quantitative estimate of drug-likeness (QED) is 0.193. The van der Waals surface area contributed by atoms with Gasteiger partial charge in [0.2, 0.25) is 5.96 Å². The Morgan fingerprint density at radius 1 is 1.47 bits per heavy atom. The summed E-state index contributed by atoms with van der Waals surface area (Å²) >= 11 is 0. The molecule has 7 N–H and O–H groups in total. The number of nitrogens with one attached hydrogen (secondary N) is 1. The molecule has 0 fully saturated rings. The molecule has 0 radical (unpaired) electrons. The summed E-state index contributed by atoms with van der Waals surface area (Å²) in [5.41, 5.74) is 12.0. The van der Waals surface area contributed by atoms with Crippen LogP contribution in [-0.2, 0) is 4.79 Å². The fourth-order valence-electron chi connectivity index (χ4n) is 0.670. The second-order valence-electron chi connectivity index (χ2n) is 2.47. The molecule has 0 saturated heterocycles. The molecule has 0 amide bonds. The van der Waals surface area contributed by atoms with E-state index in [1.807, 2.05) is 0 Å². The Morgan fingerprint density at radius 2 is 2.00 bits per heavy atom. The Bertz CT molecular complexity index is 203. The van der Waals surface area contributed by atoms with Crippen LogP contribution in [0.2, 0.25) is 0 Å². The van der Waals surface area contributed by atoms with Crippen molar-refractivity contribution in [3.05, 3.63) is 0 Å². The molecule has 0 aliphatic carbocycles. The smallest absolute Gasteiger partial charge is 0.320 e. The van der Waals surface area contributed by atoms with Crippen LogP contribution in [0, 0.1) is 0 Å². The van der Waals surface area contributed by atoms with Crippen molar-refractivity contribution in [3.63, 3.8) is 0 Å². The maximum atomic E-state index is 10.2. The molecule has 15 heavy (non-hydrogen) atoms. The summed E-state index contributed by atoms with van der Waals surface area (Å²) < 4.78 is 0. The van der Waals surface area contributed by atoms with E-state index in [2.05, 4.69) is 4.99 Å². The van der Waals surface area contributed by atoms with Crippen molar-refractivity contribution in [1.82, 2.24) is 5.48 Å². The standard InChI is InChI=1S/C6H14N4O3.2ClH/c7-4(5(11)12)2-1-3-9-6(8)10-13;;/h4,13H,1-3,7H2,(H,11,12)(H3,8,9,10);2*1H/t4-;;/m1../s1. The number of aliphatic imine (C=N–C) groups is 1. The van der Waals surface area contributed by atoms with E-state index in [1.165, 1.54) is 0 Å². The zero-order chi connectivity index (χ0) is 10.3. The van der Waals surface area contributed by atoms with Crippen molar-refractivity contribution in [2.24, 2.45) is 16.5 Å². The number of carboxylic acid groups (broad SMARTS) is 1. The lowest BCUT2D eigenvalue weighted by atomic mass is 10.2. The van der Waals surface area contributed by atoms with Crippen molar-refractivity contribution >= 4 is 36.7 Å². The summed E-state index contributed by atoms with van der Waals surface area (Å²) in [7, 11) is 0. The molecule has 0 aromatic rings. The highest BCUT2D eigenvalue weighted by atomic mass is 35.5. The Morgan fingerprint density at radius 3 is 2.40 bits per heavy atom. The van der Waals surface area contributed by atoms with Gasteiger partial charge in [-0.2, -0.15) is 0 Å². The molecule has 0 aliphatic rings. The predicted octanol–water partition coefficient (Wildman–Crippen LogP) is -0.684. The fourth-order valence-corrected chi connectivity index (χ4v) is 0.670. The summed E-state index contributed by atoms with van der Waals surface area (Å²) in [4.78, 5) is 13.9. The molecule has 1 atom stereocenters. The maximum Gasteiger partial charge on any atom is 0.320 e. The van der Waals surface area contributed by atoms with Gasteiger partial charge in [-0.25, -0.2) is 5.48 Å². The first-order chi connectivity index (χ1) is 6.07. The monoisotopic (exact) mass is 262 g/mol. The lowest BCUT2D eigenvalue weighted by Crippen LogP contribution is -2.30. The summed E-state index contributed by atoms with van der Waals surface area (Å²) in [6.07, 6.45) is 0.841. The molecule has 7 nitrogen and oxygen atoms in total. The lowest BCUT2D eigenvalue weighted by Gasteiger charge is -2.03. The molecule has 0 bridgehead atoms. The van der Waals surface area contributed by atoms with Crippen molar-refractivity contribution < 1.29 is 15.1 Å². The SMILES string of the molecule is Cl.Cl.NC(=NCCC[C@@H](N)C(=O)O)NO. The first kappa shape index (κ1) is 19.8. The average molecular weight is 263 g/mol. The van der Waals surface area contributed by atoms with Crippen LogP contribution in [0.5, 0.6) is 0 Å². The van der Waals surface area contributed by atoms with Gasteiger partial charge in [0.1, 0.15) is 6.04 Å². The predicted molar refractivity (Wildman–Crippen MR) is 60.8 cm³/mol. The molecule has 0 spiro atoms. The van der Waals surface area contributed by atoms with E-state index < -0.39 is 12.0 Å². The Hall–Kier alpha value is -0.760. The third-order valence-corrected chi connectivity index (χ3v) is 1.39. The van der Waals surface area contributed by atoms with Crippen molar-refractivity contribution in [1.29, 1.82) is 0 Å². The van der Waals surface area contributed by atoms with E-state index in [4.69, 9.17) is 21.8 Å². The number of aliphatic carboxylic acids is 1. The normalized spacial score (nSPS) is 12.0. The van der Waals surface area contributed by atoms with E-state index in [-0.39, 0.29) is 30.8 Å². The topological polar surface area (TPSA) is 134 Å². The van der Waals surface area contributed by atoms with Crippen molar-refractivity contribution in [3.8, 4) is 0 Å². The minimum absolute atomic E-state index is 0. The lowest BCUT2D eigenvalue weighted by molar-refractivity contribution is -0.138. The van der Waals surface area contributed by atoms with Crippen molar-refractivity contribution in [2.45, 2.75) is 18.9 Å². The number of nitrogens with two attached hydrogens (primary N) is 2. The van der Waals surface area contributed by atoms with Crippen LogP contribution in [0.4, 0.5) is 0 Å². The Kier molecular flexibility index (Phi) is 14.9. The maximum absolute atomic E-state index is 10.2. The number of carboxylic acids is 1. The highest BCUT2D eigenvalue weighted by Crippen LogP contribution is 1.94. The largest absolute Gasteiger partial charge is 0.480 e. The fraction of sp³-hybridized carbons (Fsp3) is 0.667. The van der Waals surface area contributed by atoms with Crippen LogP contribution in [0.3, 0.4) is 0 Å². The van der Waals surface area contributed by atoms with Gasteiger partial charge in [0.05, 0.1) is 0 Å². The highest BCUT2D eigenvalue weighted by molar-refractivity contribution is 5.85. The molecule has 0 aliphatic heterocycles. The van der Waals surface area contributed by atoms with Crippen molar-refractivity contribution in [2.75, 3.05) is 6.54 Å². The second kappa shape index (κ2) is 11.3. The van der Waals surface area contributed by atoms with Crippen LogP contribution in [0.25, 0.3) is 0 Å². The van der Waals surface area contributed by atoms with Crippen LogP contribution in [-0.4, -0.2) is 34.8 Å². The number of halogens is 2. The number of guanidine groups is 1. The van der Waals surface area contributed by atoms with Gasteiger partial charge in [0.15, 0.2) is 0 Å². The van der Waals surface area contributed by atoms with Crippen LogP contribution in [0.1, 0.15) is 12.8 Å². The molecule has 0 aromatic heterocycles. The summed E-state index contributed by atoms with van der Waals surface area (Å²) in [5.74, 6) is -1.12. The minimum Gasteiger partial charge on any atom is -0.480 e. The van der Waals surface area contributed by atoms with Crippen LogP contribution >= 0.6 is 24.8 Å². The average Bonchev–Trinajstić information content (AvgIpc) is 2.11. The van der Waals surface area contributed by atoms with E-state index in [1.54, 1.807) is 5.48 Å². The summed E-state index contributed by atoms with van der Waals surface area (Å²) in [6.45, 7) is 0.334. The molecule has 0 rings (SSSR count). The molecular weight excluding hydrogens is 247 g/mol. The van der Waals surface area contributed by atoms with E-state index in [9.17, 15) is 4.79 Å². The molecule has 9 heteroatoms. The second-order valence-corrected chi connectivity index (χ2v) is 2.47. The number of rotatable bonds is 5.